The lowest BCUT2D eigenvalue weighted by atomic mass is 10.0. The number of hydrogen-bond acceptors (Lipinski definition) is 1. The van der Waals surface area contributed by atoms with Crippen molar-refractivity contribution in [3.63, 3.8) is 0 Å². The third-order valence-electron chi connectivity index (χ3n) is 3.48. The van der Waals surface area contributed by atoms with Crippen LogP contribution in [0.2, 0.25) is 10.0 Å². The molecular formula is C19H19Cl2NO. The molecule has 0 saturated carbocycles. The van der Waals surface area contributed by atoms with Crippen molar-refractivity contribution in [3.8, 4) is 0 Å². The minimum Gasteiger partial charge on any atom is -0.348 e. The lowest BCUT2D eigenvalue weighted by molar-refractivity contribution is -0.116. The van der Waals surface area contributed by atoms with Crippen molar-refractivity contribution in [3.05, 3.63) is 75.3 Å². The normalized spacial score (nSPS) is 11.2. The molecular weight excluding hydrogens is 329 g/mol. The van der Waals surface area contributed by atoms with E-state index in [-0.39, 0.29) is 5.91 Å². The predicted molar refractivity (Wildman–Crippen MR) is 97.9 cm³/mol. The van der Waals surface area contributed by atoms with Crippen LogP contribution in [-0.4, -0.2) is 5.91 Å². The van der Waals surface area contributed by atoms with Gasteiger partial charge in [-0.2, -0.15) is 0 Å². The van der Waals surface area contributed by atoms with Gasteiger partial charge in [-0.25, -0.2) is 0 Å². The molecule has 1 N–H and O–H groups in total. The topological polar surface area (TPSA) is 29.1 Å². The number of halogens is 2. The largest absolute Gasteiger partial charge is 0.348 e. The molecule has 0 atom stereocenters. The number of carbonyl (C=O) groups excluding carboxylic acids is 1. The van der Waals surface area contributed by atoms with Crippen LogP contribution in [0.4, 0.5) is 0 Å². The molecule has 0 radical (unpaired) electrons. The summed E-state index contributed by atoms with van der Waals surface area (Å²) in [6.45, 7) is 4.72. The molecule has 4 heteroatoms. The van der Waals surface area contributed by atoms with Gasteiger partial charge in [0.25, 0.3) is 0 Å². The van der Waals surface area contributed by atoms with Gasteiger partial charge in [0.2, 0.25) is 5.91 Å². The average molecular weight is 348 g/mol. The Morgan fingerprint density at radius 3 is 2.39 bits per heavy atom. The van der Waals surface area contributed by atoms with Crippen LogP contribution in [0.5, 0.6) is 0 Å². The monoisotopic (exact) mass is 347 g/mol. The first-order valence-electron chi connectivity index (χ1n) is 7.45. The number of hydrogen-bond donors (Lipinski definition) is 1. The zero-order chi connectivity index (χ0) is 16.8. The molecule has 2 rings (SSSR count). The van der Waals surface area contributed by atoms with Crippen molar-refractivity contribution < 1.29 is 4.79 Å². The van der Waals surface area contributed by atoms with Gasteiger partial charge < -0.3 is 5.32 Å². The average Bonchev–Trinajstić information content (AvgIpc) is 2.54. The minimum absolute atomic E-state index is 0.149. The third kappa shape index (κ3) is 5.42. The first-order valence-corrected chi connectivity index (χ1v) is 8.21. The number of amides is 1. The second kappa shape index (κ2) is 8.19. The molecule has 120 valence electrons. The first kappa shape index (κ1) is 17.6. The fourth-order valence-electron chi connectivity index (χ4n) is 2.06. The van der Waals surface area contributed by atoms with Gasteiger partial charge in [-0.3, -0.25) is 4.79 Å². The lowest BCUT2D eigenvalue weighted by Crippen LogP contribution is -2.20. The van der Waals surface area contributed by atoms with Gasteiger partial charge in [-0.1, -0.05) is 67.4 Å². The van der Waals surface area contributed by atoms with Crippen LogP contribution in [-0.2, 0) is 11.3 Å². The highest BCUT2D eigenvalue weighted by molar-refractivity contribution is 6.42. The number of nitrogens with one attached hydrogen (secondary N) is 1. The van der Waals surface area contributed by atoms with E-state index in [2.05, 4.69) is 31.3 Å². The Labute approximate surface area is 147 Å². The van der Waals surface area contributed by atoms with Crippen molar-refractivity contribution in [1.29, 1.82) is 0 Å². The fourth-order valence-corrected chi connectivity index (χ4v) is 2.38. The summed E-state index contributed by atoms with van der Waals surface area (Å²) in [7, 11) is 0. The quantitative estimate of drug-likeness (QED) is 0.716. The summed E-state index contributed by atoms with van der Waals surface area (Å²) in [4.78, 5) is 11.9. The lowest BCUT2D eigenvalue weighted by Gasteiger charge is -2.05. The highest BCUT2D eigenvalue weighted by Gasteiger charge is 2.01. The summed E-state index contributed by atoms with van der Waals surface area (Å²) in [5.74, 6) is 0.353. The van der Waals surface area contributed by atoms with Gasteiger partial charge in [0.05, 0.1) is 10.0 Å². The standard InChI is InChI=1S/C19H19Cl2NO/c1-13(2)16-7-3-14(4-8-16)6-10-19(23)22-12-15-5-9-17(20)18(21)11-15/h3-11,13H,12H2,1-2H3,(H,22,23)/b10-6+. The maximum atomic E-state index is 11.9. The number of carbonyl (C=O) groups is 1. The highest BCUT2D eigenvalue weighted by Crippen LogP contribution is 2.22. The Kier molecular flexibility index (Phi) is 6.26. The van der Waals surface area contributed by atoms with Gasteiger partial charge in [-0.15, -0.1) is 0 Å². The second-order valence-corrected chi connectivity index (χ2v) is 6.44. The molecule has 0 unspecified atom stereocenters. The maximum absolute atomic E-state index is 11.9. The number of rotatable bonds is 5. The molecule has 0 aliphatic rings. The molecule has 0 saturated heterocycles. The van der Waals surface area contributed by atoms with E-state index < -0.39 is 0 Å². The molecule has 2 nitrogen and oxygen atoms in total. The van der Waals surface area contributed by atoms with Gasteiger partial charge in [-0.05, 0) is 40.8 Å². The van der Waals surface area contributed by atoms with E-state index in [9.17, 15) is 4.79 Å². The van der Waals surface area contributed by atoms with Gasteiger partial charge in [0.15, 0.2) is 0 Å². The van der Waals surface area contributed by atoms with E-state index in [1.807, 2.05) is 18.2 Å². The fraction of sp³-hybridized carbons (Fsp3) is 0.211. The van der Waals surface area contributed by atoms with Crippen molar-refractivity contribution in [2.24, 2.45) is 0 Å². The van der Waals surface area contributed by atoms with E-state index in [1.165, 1.54) is 11.6 Å². The highest BCUT2D eigenvalue weighted by atomic mass is 35.5. The molecule has 23 heavy (non-hydrogen) atoms. The molecule has 0 bridgehead atoms. The van der Waals surface area contributed by atoms with Crippen LogP contribution in [0.25, 0.3) is 6.08 Å². The molecule has 0 aliphatic heterocycles. The van der Waals surface area contributed by atoms with Crippen molar-refractivity contribution in [2.75, 3.05) is 0 Å². The Bertz CT molecular complexity index is 706. The molecule has 0 aliphatic carbocycles. The molecule has 2 aromatic rings. The van der Waals surface area contributed by atoms with Crippen LogP contribution in [0.1, 0.15) is 36.5 Å². The molecule has 0 fully saturated rings. The van der Waals surface area contributed by atoms with Crippen LogP contribution in [0.3, 0.4) is 0 Å². The summed E-state index contributed by atoms with van der Waals surface area (Å²) in [6.07, 6.45) is 3.33. The second-order valence-electron chi connectivity index (χ2n) is 5.62. The molecule has 1 amide bonds. The van der Waals surface area contributed by atoms with Crippen LogP contribution >= 0.6 is 23.2 Å². The Balaban J connectivity index is 1.89. The van der Waals surface area contributed by atoms with E-state index >= 15 is 0 Å². The summed E-state index contributed by atoms with van der Waals surface area (Å²) < 4.78 is 0. The molecule has 0 aromatic heterocycles. The van der Waals surface area contributed by atoms with Crippen LogP contribution in [0.15, 0.2) is 48.5 Å². The van der Waals surface area contributed by atoms with E-state index in [0.29, 0.717) is 22.5 Å². The Morgan fingerprint density at radius 2 is 1.78 bits per heavy atom. The van der Waals surface area contributed by atoms with Gasteiger partial charge in [0, 0.05) is 12.6 Å². The molecule has 0 spiro atoms. The zero-order valence-corrected chi connectivity index (χ0v) is 14.7. The predicted octanol–water partition coefficient (Wildman–Crippen LogP) is 5.45. The zero-order valence-electron chi connectivity index (χ0n) is 13.1. The molecule has 0 heterocycles. The smallest absolute Gasteiger partial charge is 0.244 e. The van der Waals surface area contributed by atoms with Crippen molar-refractivity contribution >= 4 is 35.2 Å². The maximum Gasteiger partial charge on any atom is 0.244 e. The van der Waals surface area contributed by atoms with Crippen molar-refractivity contribution in [2.45, 2.75) is 26.3 Å². The summed E-state index contributed by atoms with van der Waals surface area (Å²) in [5.41, 5.74) is 3.19. The SMILES string of the molecule is CC(C)c1ccc(/C=C/C(=O)NCc2ccc(Cl)c(Cl)c2)cc1. The van der Waals surface area contributed by atoms with Gasteiger partial charge >= 0.3 is 0 Å². The van der Waals surface area contributed by atoms with E-state index in [1.54, 1.807) is 18.2 Å². The Morgan fingerprint density at radius 1 is 1.09 bits per heavy atom. The van der Waals surface area contributed by atoms with E-state index in [4.69, 9.17) is 23.2 Å². The molecule has 2 aromatic carbocycles. The van der Waals surface area contributed by atoms with E-state index in [0.717, 1.165) is 11.1 Å². The summed E-state index contributed by atoms with van der Waals surface area (Å²) >= 11 is 11.8. The Hall–Kier alpha value is -1.77. The summed E-state index contributed by atoms with van der Waals surface area (Å²) in [6, 6.07) is 13.5. The number of benzene rings is 2. The third-order valence-corrected chi connectivity index (χ3v) is 4.22. The summed E-state index contributed by atoms with van der Waals surface area (Å²) in [5, 5.41) is 3.81. The minimum atomic E-state index is -0.149. The first-order chi connectivity index (χ1) is 11.0. The van der Waals surface area contributed by atoms with Gasteiger partial charge in [0.1, 0.15) is 0 Å². The van der Waals surface area contributed by atoms with Crippen LogP contribution in [0, 0.1) is 0 Å². The van der Waals surface area contributed by atoms with Crippen LogP contribution < -0.4 is 5.32 Å². The van der Waals surface area contributed by atoms with Crippen molar-refractivity contribution in [1.82, 2.24) is 5.32 Å².